The predicted molar refractivity (Wildman–Crippen MR) is 106 cm³/mol. The van der Waals surface area contributed by atoms with E-state index < -0.39 is 0 Å². The van der Waals surface area contributed by atoms with Crippen LogP contribution in [0.2, 0.25) is 0 Å². The van der Waals surface area contributed by atoms with E-state index in [9.17, 15) is 4.79 Å². The first-order chi connectivity index (χ1) is 13.2. The zero-order valence-electron chi connectivity index (χ0n) is 14.7. The molecule has 0 saturated heterocycles. The van der Waals surface area contributed by atoms with Gasteiger partial charge in [0.15, 0.2) is 11.5 Å². The van der Waals surface area contributed by atoms with Crippen molar-refractivity contribution in [1.29, 1.82) is 0 Å². The fourth-order valence-electron chi connectivity index (χ4n) is 2.67. The van der Waals surface area contributed by atoms with Crippen LogP contribution in [0.1, 0.15) is 18.3 Å². The zero-order chi connectivity index (χ0) is 18.6. The number of nitrogens with one attached hydrogen (secondary N) is 1. The maximum Gasteiger partial charge on any atom is 0.247 e. The fraction of sp³-hybridized carbons (Fsp3) is 0.100. The Morgan fingerprint density at radius 3 is 2.78 bits per heavy atom. The number of aromatic nitrogens is 4. The molecule has 0 saturated carbocycles. The van der Waals surface area contributed by atoms with E-state index in [1.807, 2.05) is 65.4 Å². The van der Waals surface area contributed by atoms with Gasteiger partial charge in [-0.2, -0.15) is 21.0 Å². The van der Waals surface area contributed by atoms with Gasteiger partial charge in [0.2, 0.25) is 5.91 Å². The van der Waals surface area contributed by atoms with E-state index in [2.05, 4.69) is 20.6 Å². The Bertz CT molecular complexity index is 1100. The Morgan fingerprint density at radius 2 is 2.00 bits per heavy atom. The summed E-state index contributed by atoms with van der Waals surface area (Å²) in [5, 5.41) is 19.8. The summed E-state index contributed by atoms with van der Waals surface area (Å²) in [6.07, 6.45) is 1.85. The average molecular weight is 375 g/mol. The summed E-state index contributed by atoms with van der Waals surface area (Å²) < 4.78 is 1.67. The molecule has 0 aliphatic rings. The molecule has 0 radical (unpaired) electrons. The number of carbonyl (C=O) groups excluding carboxylic acids is 1. The van der Waals surface area contributed by atoms with E-state index in [0.29, 0.717) is 17.0 Å². The summed E-state index contributed by atoms with van der Waals surface area (Å²) in [7, 11) is 0. The van der Waals surface area contributed by atoms with Gasteiger partial charge in [-0.1, -0.05) is 30.3 Å². The van der Waals surface area contributed by atoms with E-state index in [1.165, 1.54) is 0 Å². The summed E-state index contributed by atoms with van der Waals surface area (Å²) in [6, 6.07) is 15.5. The molecule has 6 nitrogen and oxygen atoms in total. The number of rotatable bonds is 5. The monoisotopic (exact) mass is 375 g/mol. The van der Waals surface area contributed by atoms with Crippen LogP contribution >= 0.6 is 11.3 Å². The molecule has 0 aliphatic heterocycles. The molecule has 7 heteroatoms. The number of carbonyl (C=O) groups is 1. The van der Waals surface area contributed by atoms with E-state index >= 15 is 0 Å². The van der Waals surface area contributed by atoms with Gasteiger partial charge in [0.05, 0.1) is 12.2 Å². The van der Waals surface area contributed by atoms with Crippen LogP contribution in [0.3, 0.4) is 0 Å². The molecule has 0 bridgehead atoms. The Kier molecular flexibility index (Phi) is 4.76. The quantitative estimate of drug-likeness (QED) is 0.541. The average Bonchev–Trinajstić information content (AvgIpc) is 3.36. The van der Waals surface area contributed by atoms with Crippen LogP contribution < -0.4 is 5.32 Å². The first kappa shape index (κ1) is 17.1. The lowest BCUT2D eigenvalue weighted by Crippen LogP contribution is -2.24. The smallest absolute Gasteiger partial charge is 0.247 e. The highest BCUT2D eigenvalue weighted by molar-refractivity contribution is 7.08. The number of hydrogen-bond acceptors (Lipinski definition) is 5. The lowest BCUT2D eigenvalue weighted by Gasteiger charge is -2.05. The molecule has 0 spiro atoms. The number of fused-ring (bicyclic) bond motifs is 1. The summed E-state index contributed by atoms with van der Waals surface area (Å²) in [5.41, 5.74) is 4.15. The minimum Gasteiger partial charge on any atom is -0.345 e. The summed E-state index contributed by atoms with van der Waals surface area (Å²) >= 11 is 1.62. The lowest BCUT2D eigenvalue weighted by molar-refractivity contribution is -0.117. The van der Waals surface area contributed by atoms with Crippen LogP contribution in [0.5, 0.6) is 0 Å². The van der Waals surface area contributed by atoms with Gasteiger partial charge >= 0.3 is 0 Å². The van der Waals surface area contributed by atoms with Crippen molar-refractivity contribution in [2.24, 2.45) is 0 Å². The molecule has 4 rings (SSSR count). The fourth-order valence-corrected chi connectivity index (χ4v) is 3.32. The maximum atomic E-state index is 12.4. The van der Waals surface area contributed by atoms with Crippen LogP contribution in [0.4, 0.5) is 0 Å². The Balaban J connectivity index is 1.51. The van der Waals surface area contributed by atoms with E-state index in [4.69, 9.17) is 0 Å². The number of benzene rings is 1. The highest BCUT2D eigenvalue weighted by Gasteiger charge is 2.11. The van der Waals surface area contributed by atoms with Crippen molar-refractivity contribution in [1.82, 2.24) is 25.1 Å². The molecule has 3 aromatic heterocycles. The predicted octanol–water partition coefficient (Wildman–Crippen LogP) is 3.57. The van der Waals surface area contributed by atoms with Crippen LogP contribution in [0.25, 0.3) is 23.0 Å². The second kappa shape index (κ2) is 7.51. The number of nitrogens with zero attached hydrogens (tertiary/aromatic N) is 4. The topological polar surface area (TPSA) is 72.2 Å². The van der Waals surface area contributed by atoms with Crippen molar-refractivity contribution in [3.05, 3.63) is 76.3 Å². The SMILES string of the molecule is CC(=Cc1ccccc1)C(=O)NCc1nnc2ccc(-c3ccsc3)nn12. The molecule has 0 fully saturated rings. The third-order valence-electron chi connectivity index (χ3n) is 4.09. The van der Waals surface area contributed by atoms with Crippen LogP contribution in [0.15, 0.2) is 64.9 Å². The van der Waals surface area contributed by atoms with Gasteiger partial charge in [0, 0.05) is 16.5 Å². The normalized spacial score (nSPS) is 11.7. The molecule has 1 N–H and O–H groups in total. The Labute approximate surface area is 160 Å². The lowest BCUT2D eigenvalue weighted by atomic mass is 10.1. The Morgan fingerprint density at radius 1 is 1.15 bits per heavy atom. The van der Waals surface area contributed by atoms with Crippen molar-refractivity contribution in [3.63, 3.8) is 0 Å². The standard InChI is InChI=1S/C20H17N5OS/c1-14(11-15-5-3-2-4-6-15)20(26)21-12-19-23-22-18-8-7-17(24-25(18)19)16-9-10-27-13-16/h2-11,13H,12H2,1H3,(H,21,26). The van der Waals surface area contributed by atoms with E-state index in [1.54, 1.807) is 22.8 Å². The van der Waals surface area contributed by atoms with Gasteiger partial charge in [0.25, 0.3) is 0 Å². The minimum atomic E-state index is -0.149. The van der Waals surface area contributed by atoms with Gasteiger partial charge in [-0.15, -0.1) is 10.2 Å². The molecular formula is C20H17N5OS. The number of hydrogen-bond donors (Lipinski definition) is 1. The second-order valence-electron chi connectivity index (χ2n) is 6.04. The summed E-state index contributed by atoms with van der Waals surface area (Å²) in [6.45, 7) is 2.04. The molecule has 0 unspecified atom stereocenters. The molecule has 0 atom stereocenters. The minimum absolute atomic E-state index is 0.149. The van der Waals surface area contributed by atoms with Crippen molar-refractivity contribution < 1.29 is 4.79 Å². The maximum absolute atomic E-state index is 12.4. The first-order valence-electron chi connectivity index (χ1n) is 8.46. The molecule has 1 aromatic carbocycles. The van der Waals surface area contributed by atoms with Gasteiger partial charge < -0.3 is 5.32 Å². The van der Waals surface area contributed by atoms with Gasteiger partial charge in [-0.3, -0.25) is 4.79 Å². The van der Waals surface area contributed by atoms with Crippen molar-refractivity contribution in [2.75, 3.05) is 0 Å². The van der Waals surface area contributed by atoms with Crippen LogP contribution in [0, 0.1) is 0 Å². The van der Waals surface area contributed by atoms with Gasteiger partial charge in [0.1, 0.15) is 0 Å². The van der Waals surface area contributed by atoms with Gasteiger partial charge in [-0.05, 0) is 42.1 Å². The first-order valence-corrected chi connectivity index (χ1v) is 9.40. The molecule has 27 heavy (non-hydrogen) atoms. The molecular weight excluding hydrogens is 358 g/mol. The molecule has 0 aliphatic carbocycles. The van der Waals surface area contributed by atoms with Crippen LogP contribution in [-0.4, -0.2) is 25.7 Å². The third-order valence-corrected chi connectivity index (χ3v) is 4.78. The molecule has 134 valence electrons. The summed E-state index contributed by atoms with van der Waals surface area (Å²) in [5.74, 6) is 0.438. The molecule has 3 heterocycles. The van der Waals surface area contributed by atoms with Crippen molar-refractivity contribution >= 4 is 29.0 Å². The van der Waals surface area contributed by atoms with E-state index in [-0.39, 0.29) is 12.5 Å². The highest BCUT2D eigenvalue weighted by Crippen LogP contribution is 2.20. The summed E-state index contributed by atoms with van der Waals surface area (Å²) in [4.78, 5) is 12.4. The van der Waals surface area contributed by atoms with Crippen LogP contribution in [-0.2, 0) is 11.3 Å². The van der Waals surface area contributed by atoms with E-state index in [0.717, 1.165) is 16.8 Å². The van der Waals surface area contributed by atoms with Crippen molar-refractivity contribution in [2.45, 2.75) is 13.5 Å². The number of thiophene rings is 1. The number of amides is 1. The third kappa shape index (κ3) is 3.78. The van der Waals surface area contributed by atoms with Gasteiger partial charge in [-0.25, -0.2) is 0 Å². The van der Waals surface area contributed by atoms with Crippen molar-refractivity contribution in [3.8, 4) is 11.3 Å². The molecule has 1 amide bonds. The second-order valence-corrected chi connectivity index (χ2v) is 6.82. The Hall–Kier alpha value is -3.32. The zero-order valence-corrected chi connectivity index (χ0v) is 15.5. The largest absolute Gasteiger partial charge is 0.345 e. The highest BCUT2D eigenvalue weighted by atomic mass is 32.1. The molecule has 4 aromatic rings.